The second-order valence-corrected chi connectivity index (χ2v) is 6.78. The molecule has 0 saturated carbocycles. The molecule has 0 aliphatic heterocycles. The molecule has 2 aromatic carbocycles. The van der Waals surface area contributed by atoms with Crippen LogP contribution in [0.3, 0.4) is 0 Å². The van der Waals surface area contributed by atoms with Gasteiger partial charge >= 0.3 is 0 Å². The van der Waals surface area contributed by atoms with E-state index in [9.17, 15) is 0 Å². The predicted molar refractivity (Wildman–Crippen MR) is 95.5 cm³/mol. The number of nitrogens with zero attached hydrogens (tertiary/aromatic N) is 1. The molecule has 1 nitrogen and oxygen atoms in total. The third kappa shape index (κ3) is 3.50. The molecule has 21 heavy (non-hydrogen) atoms. The van der Waals surface area contributed by atoms with Crippen LogP contribution in [0.5, 0.6) is 0 Å². The quantitative estimate of drug-likeness (QED) is 0.732. The minimum Gasteiger partial charge on any atom is -0.306 e. The highest BCUT2D eigenvalue weighted by Gasteiger charge is 2.28. The van der Waals surface area contributed by atoms with Gasteiger partial charge in [-0.15, -0.1) is 12.4 Å². The lowest BCUT2D eigenvalue weighted by atomic mass is 9.76. The van der Waals surface area contributed by atoms with Gasteiger partial charge in [0.25, 0.3) is 0 Å². The summed E-state index contributed by atoms with van der Waals surface area (Å²) in [5.41, 5.74) is 4.42. The van der Waals surface area contributed by atoms with Crippen LogP contribution >= 0.6 is 28.3 Å². The molecular weight excluding hydrogens is 346 g/mol. The Bertz CT molecular complexity index is 612. The fraction of sp³-hybridized carbons (Fsp3) is 0.333. The fourth-order valence-corrected chi connectivity index (χ4v) is 3.65. The Morgan fingerprint density at radius 3 is 2.52 bits per heavy atom. The maximum atomic E-state index is 3.60. The Balaban J connectivity index is 0.00000161. The maximum absolute atomic E-state index is 3.60. The van der Waals surface area contributed by atoms with Crippen molar-refractivity contribution in [2.24, 2.45) is 0 Å². The van der Waals surface area contributed by atoms with E-state index in [1.165, 1.54) is 27.6 Å². The molecule has 0 amide bonds. The lowest BCUT2D eigenvalue weighted by Gasteiger charge is -2.35. The van der Waals surface area contributed by atoms with Crippen molar-refractivity contribution < 1.29 is 0 Å². The number of benzene rings is 2. The van der Waals surface area contributed by atoms with Crippen molar-refractivity contribution in [2.75, 3.05) is 14.1 Å². The molecule has 2 aromatic rings. The van der Waals surface area contributed by atoms with E-state index >= 15 is 0 Å². The van der Waals surface area contributed by atoms with Gasteiger partial charge in [0.15, 0.2) is 0 Å². The summed E-state index contributed by atoms with van der Waals surface area (Å²) in [6, 6.07) is 18.3. The summed E-state index contributed by atoms with van der Waals surface area (Å²) < 4.78 is 1.17. The molecule has 0 fully saturated rings. The number of halogens is 2. The first-order valence-corrected chi connectivity index (χ1v) is 7.94. The summed E-state index contributed by atoms with van der Waals surface area (Å²) in [5, 5.41) is 0. The van der Waals surface area contributed by atoms with Gasteiger partial charge < -0.3 is 4.90 Å². The summed E-state index contributed by atoms with van der Waals surface area (Å²) in [6.07, 6.45) is 2.36. The monoisotopic (exact) mass is 365 g/mol. The molecule has 3 heteroatoms. The molecule has 3 rings (SSSR count). The molecule has 0 spiro atoms. The van der Waals surface area contributed by atoms with E-state index in [-0.39, 0.29) is 12.4 Å². The average Bonchev–Trinajstić information content (AvgIpc) is 2.46. The van der Waals surface area contributed by atoms with E-state index in [0.29, 0.717) is 12.0 Å². The van der Waals surface area contributed by atoms with Crippen LogP contribution in [0.1, 0.15) is 29.0 Å². The first kappa shape index (κ1) is 16.5. The smallest absolute Gasteiger partial charge is 0.0178 e. The second-order valence-electron chi connectivity index (χ2n) is 5.86. The highest BCUT2D eigenvalue weighted by atomic mass is 79.9. The number of rotatable bonds is 2. The van der Waals surface area contributed by atoms with Crippen LogP contribution in [0.25, 0.3) is 0 Å². The molecule has 0 saturated heterocycles. The molecule has 0 bridgehead atoms. The van der Waals surface area contributed by atoms with Gasteiger partial charge in [-0.25, -0.2) is 0 Å². The highest BCUT2D eigenvalue weighted by Crippen LogP contribution is 2.38. The molecular formula is C18H21BrClN. The zero-order chi connectivity index (χ0) is 14.1. The summed E-state index contributed by atoms with van der Waals surface area (Å²) in [6.45, 7) is 0. The molecule has 0 unspecified atom stereocenters. The Labute approximate surface area is 141 Å². The summed E-state index contributed by atoms with van der Waals surface area (Å²) >= 11 is 3.60. The molecule has 0 aromatic heterocycles. The van der Waals surface area contributed by atoms with Gasteiger partial charge in [0.2, 0.25) is 0 Å². The predicted octanol–water partition coefficient (Wildman–Crippen LogP) is 4.88. The van der Waals surface area contributed by atoms with Crippen LogP contribution in [-0.2, 0) is 6.42 Å². The van der Waals surface area contributed by atoms with E-state index in [1.807, 2.05) is 0 Å². The van der Waals surface area contributed by atoms with Crippen molar-refractivity contribution in [3.8, 4) is 0 Å². The largest absolute Gasteiger partial charge is 0.306 e. The molecule has 0 radical (unpaired) electrons. The van der Waals surface area contributed by atoms with Gasteiger partial charge in [-0.1, -0.05) is 52.3 Å². The van der Waals surface area contributed by atoms with Crippen molar-refractivity contribution >= 4 is 28.3 Å². The minimum absolute atomic E-state index is 0. The zero-order valence-electron chi connectivity index (χ0n) is 12.4. The van der Waals surface area contributed by atoms with Gasteiger partial charge in [0, 0.05) is 16.4 Å². The Kier molecular flexibility index (Phi) is 5.48. The normalized spacial score (nSPS) is 20.8. The van der Waals surface area contributed by atoms with E-state index in [1.54, 1.807) is 0 Å². The number of likely N-dealkylation sites (N-methyl/N-ethyl adjacent to an activating group) is 1. The first-order chi connectivity index (χ1) is 9.65. The summed E-state index contributed by atoms with van der Waals surface area (Å²) in [7, 11) is 4.38. The SMILES string of the molecule is CN(C)[C@@H]1Cc2ccccc2[C@@H](c2cccc(Br)c2)C1.Cl. The highest BCUT2D eigenvalue weighted by molar-refractivity contribution is 9.10. The third-order valence-electron chi connectivity index (χ3n) is 4.38. The molecule has 0 N–H and O–H groups in total. The average molecular weight is 367 g/mol. The zero-order valence-corrected chi connectivity index (χ0v) is 14.8. The number of hydrogen-bond acceptors (Lipinski definition) is 1. The van der Waals surface area contributed by atoms with Crippen molar-refractivity contribution in [3.63, 3.8) is 0 Å². The second kappa shape index (κ2) is 6.95. The van der Waals surface area contributed by atoms with Crippen LogP contribution < -0.4 is 0 Å². The van der Waals surface area contributed by atoms with Crippen molar-refractivity contribution in [3.05, 3.63) is 69.7 Å². The van der Waals surface area contributed by atoms with Crippen LogP contribution in [0, 0.1) is 0 Å². The van der Waals surface area contributed by atoms with E-state index in [4.69, 9.17) is 0 Å². The minimum atomic E-state index is 0. The van der Waals surface area contributed by atoms with Crippen LogP contribution in [-0.4, -0.2) is 25.0 Å². The van der Waals surface area contributed by atoms with Crippen molar-refractivity contribution in [1.82, 2.24) is 4.90 Å². The summed E-state index contributed by atoms with van der Waals surface area (Å²) in [5.74, 6) is 0.504. The van der Waals surface area contributed by atoms with E-state index in [2.05, 4.69) is 83.5 Å². The molecule has 0 heterocycles. The fourth-order valence-electron chi connectivity index (χ4n) is 3.23. The Morgan fingerprint density at radius 1 is 1.05 bits per heavy atom. The molecule has 2 atom stereocenters. The lowest BCUT2D eigenvalue weighted by Crippen LogP contribution is -2.35. The Morgan fingerprint density at radius 2 is 1.81 bits per heavy atom. The van der Waals surface area contributed by atoms with Gasteiger partial charge in [-0.3, -0.25) is 0 Å². The lowest BCUT2D eigenvalue weighted by molar-refractivity contribution is 0.258. The molecule has 1 aliphatic carbocycles. The van der Waals surface area contributed by atoms with Crippen molar-refractivity contribution in [2.45, 2.75) is 24.8 Å². The molecule has 112 valence electrons. The van der Waals surface area contributed by atoms with Crippen molar-refractivity contribution in [1.29, 1.82) is 0 Å². The van der Waals surface area contributed by atoms with Gasteiger partial charge in [-0.2, -0.15) is 0 Å². The van der Waals surface area contributed by atoms with Gasteiger partial charge in [0.05, 0.1) is 0 Å². The first-order valence-electron chi connectivity index (χ1n) is 7.15. The van der Waals surface area contributed by atoms with Gasteiger partial charge in [-0.05, 0) is 55.8 Å². The number of fused-ring (bicyclic) bond motifs is 1. The topological polar surface area (TPSA) is 3.24 Å². The van der Waals surface area contributed by atoms with Crippen LogP contribution in [0.4, 0.5) is 0 Å². The standard InChI is InChI=1S/C18H20BrN.ClH/c1-20(2)16-11-14-6-3-4-9-17(14)18(12-16)13-7-5-8-15(19)10-13;/h3-10,16,18H,11-12H2,1-2H3;1H/t16-,18-;/m1./s1. The third-order valence-corrected chi connectivity index (χ3v) is 4.87. The maximum Gasteiger partial charge on any atom is 0.0178 e. The summed E-state index contributed by atoms with van der Waals surface area (Å²) in [4.78, 5) is 2.36. The van der Waals surface area contributed by atoms with E-state index in [0.717, 1.165) is 6.42 Å². The van der Waals surface area contributed by atoms with Crippen LogP contribution in [0.15, 0.2) is 53.0 Å². The Hall–Kier alpha value is -0.830. The van der Waals surface area contributed by atoms with E-state index < -0.39 is 0 Å². The number of hydrogen-bond donors (Lipinski definition) is 0. The molecule has 1 aliphatic rings. The van der Waals surface area contributed by atoms with Crippen LogP contribution in [0.2, 0.25) is 0 Å². The van der Waals surface area contributed by atoms with Gasteiger partial charge in [0.1, 0.15) is 0 Å².